The Morgan fingerprint density at radius 1 is 1.45 bits per heavy atom. The van der Waals surface area contributed by atoms with Crippen LogP contribution in [0.3, 0.4) is 0 Å². The van der Waals surface area contributed by atoms with Gasteiger partial charge < -0.3 is 5.32 Å². The number of sulfone groups is 1. The van der Waals surface area contributed by atoms with Crippen molar-refractivity contribution in [3.8, 4) is 0 Å². The van der Waals surface area contributed by atoms with E-state index in [2.05, 4.69) is 5.32 Å². The maximum Gasteiger partial charge on any atom is 0.150 e. The van der Waals surface area contributed by atoms with Gasteiger partial charge in [-0.1, -0.05) is 6.92 Å². The van der Waals surface area contributed by atoms with Gasteiger partial charge in [-0.3, -0.25) is 0 Å². The molecule has 1 rings (SSSR count). The van der Waals surface area contributed by atoms with E-state index < -0.39 is 9.84 Å². The molecule has 0 saturated heterocycles. The second-order valence-electron chi connectivity index (χ2n) is 3.18. The second kappa shape index (κ2) is 3.11. The lowest BCUT2D eigenvalue weighted by molar-refractivity contribution is 0.346. The molecule has 4 heteroatoms. The molecule has 3 nitrogen and oxygen atoms in total. The van der Waals surface area contributed by atoms with Gasteiger partial charge in [0.25, 0.3) is 0 Å². The predicted molar refractivity (Wildman–Crippen MR) is 45.3 cm³/mol. The highest BCUT2D eigenvalue weighted by molar-refractivity contribution is 7.91. The largest absolute Gasteiger partial charge is 0.314 e. The van der Waals surface area contributed by atoms with Crippen molar-refractivity contribution in [2.75, 3.05) is 12.8 Å². The zero-order valence-electron chi connectivity index (χ0n) is 7.00. The van der Waals surface area contributed by atoms with Gasteiger partial charge in [0.15, 0.2) is 0 Å². The average molecular weight is 177 g/mol. The van der Waals surface area contributed by atoms with Crippen LogP contribution in [0, 0.1) is 0 Å². The first kappa shape index (κ1) is 9.00. The van der Waals surface area contributed by atoms with Crippen molar-refractivity contribution in [2.24, 2.45) is 0 Å². The number of nitrogens with one attached hydrogen (secondary N) is 1. The van der Waals surface area contributed by atoms with Gasteiger partial charge in [-0.15, -0.1) is 0 Å². The van der Waals surface area contributed by atoms with E-state index in [1.165, 1.54) is 6.26 Å². The van der Waals surface area contributed by atoms with E-state index in [0.29, 0.717) is 6.04 Å². The summed E-state index contributed by atoms with van der Waals surface area (Å²) in [5.74, 6) is 0. The molecule has 1 aliphatic carbocycles. The first-order valence-corrected chi connectivity index (χ1v) is 5.91. The fourth-order valence-electron chi connectivity index (χ4n) is 1.37. The molecule has 66 valence electrons. The highest BCUT2D eigenvalue weighted by atomic mass is 32.2. The lowest BCUT2D eigenvalue weighted by atomic mass is 9.92. The van der Waals surface area contributed by atoms with E-state index in [1.54, 1.807) is 0 Å². The number of hydrogen-bond acceptors (Lipinski definition) is 3. The van der Waals surface area contributed by atoms with Crippen LogP contribution < -0.4 is 5.32 Å². The van der Waals surface area contributed by atoms with Crippen LogP contribution in [0.1, 0.15) is 19.8 Å². The van der Waals surface area contributed by atoms with E-state index >= 15 is 0 Å². The van der Waals surface area contributed by atoms with Crippen molar-refractivity contribution in [3.63, 3.8) is 0 Å². The average Bonchev–Trinajstić information content (AvgIpc) is 1.74. The summed E-state index contributed by atoms with van der Waals surface area (Å²) < 4.78 is 21.9. The third-order valence-corrected chi connectivity index (χ3v) is 3.79. The summed E-state index contributed by atoms with van der Waals surface area (Å²) in [6.07, 6.45) is 2.92. The summed E-state index contributed by atoms with van der Waals surface area (Å²) in [6, 6.07) is 0.444. The molecule has 0 atom stereocenters. The maximum absolute atomic E-state index is 10.9. The SMILES string of the molecule is CCNC1CC(S(C)(=O)=O)C1. The van der Waals surface area contributed by atoms with E-state index in [1.807, 2.05) is 6.92 Å². The number of rotatable bonds is 3. The zero-order chi connectivity index (χ0) is 8.48. The molecular formula is C7H15NO2S. The van der Waals surface area contributed by atoms with Crippen LogP contribution in [-0.4, -0.2) is 32.5 Å². The van der Waals surface area contributed by atoms with Crippen LogP contribution in [0.5, 0.6) is 0 Å². The molecule has 0 aliphatic heterocycles. The fraction of sp³-hybridized carbons (Fsp3) is 1.00. The van der Waals surface area contributed by atoms with E-state index in [-0.39, 0.29) is 5.25 Å². The Morgan fingerprint density at radius 3 is 2.36 bits per heavy atom. The summed E-state index contributed by atoms with van der Waals surface area (Å²) in [5, 5.41) is 3.14. The minimum absolute atomic E-state index is 0.0773. The molecule has 0 heterocycles. The topological polar surface area (TPSA) is 46.2 Å². The quantitative estimate of drug-likeness (QED) is 0.668. The zero-order valence-corrected chi connectivity index (χ0v) is 7.82. The Morgan fingerprint density at radius 2 is 2.00 bits per heavy atom. The smallest absolute Gasteiger partial charge is 0.150 e. The van der Waals surface area contributed by atoms with Crippen LogP contribution in [0.4, 0.5) is 0 Å². The molecule has 1 N–H and O–H groups in total. The molecule has 0 spiro atoms. The van der Waals surface area contributed by atoms with Gasteiger partial charge in [-0.2, -0.15) is 0 Å². The first-order chi connectivity index (χ1) is 5.04. The van der Waals surface area contributed by atoms with Gasteiger partial charge in [0.1, 0.15) is 9.84 Å². The van der Waals surface area contributed by atoms with Gasteiger partial charge >= 0.3 is 0 Å². The van der Waals surface area contributed by atoms with Crippen molar-refractivity contribution in [1.82, 2.24) is 5.32 Å². The Kier molecular flexibility index (Phi) is 2.54. The maximum atomic E-state index is 10.9. The van der Waals surface area contributed by atoms with Crippen LogP contribution in [0.15, 0.2) is 0 Å². The molecule has 1 saturated carbocycles. The molecular weight excluding hydrogens is 162 g/mol. The Hall–Kier alpha value is -0.0900. The summed E-state index contributed by atoms with van der Waals surface area (Å²) >= 11 is 0. The lowest BCUT2D eigenvalue weighted by Crippen LogP contribution is -2.47. The normalized spacial score (nSPS) is 31.5. The number of hydrogen-bond donors (Lipinski definition) is 1. The highest BCUT2D eigenvalue weighted by Crippen LogP contribution is 2.25. The van der Waals surface area contributed by atoms with Crippen LogP contribution >= 0.6 is 0 Å². The first-order valence-electron chi connectivity index (χ1n) is 3.96. The van der Waals surface area contributed by atoms with Gasteiger partial charge in [-0.25, -0.2) is 8.42 Å². The highest BCUT2D eigenvalue weighted by Gasteiger charge is 2.35. The fourth-order valence-corrected chi connectivity index (χ4v) is 2.53. The Bertz CT molecular complexity index is 217. The molecule has 0 aromatic carbocycles. The third kappa shape index (κ3) is 2.17. The molecule has 0 bridgehead atoms. The van der Waals surface area contributed by atoms with Crippen molar-refractivity contribution in [2.45, 2.75) is 31.1 Å². The lowest BCUT2D eigenvalue weighted by Gasteiger charge is -2.34. The molecule has 0 amide bonds. The van der Waals surface area contributed by atoms with Crippen LogP contribution in [0.2, 0.25) is 0 Å². The monoisotopic (exact) mass is 177 g/mol. The molecule has 1 fully saturated rings. The summed E-state index contributed by atoms with van der Waals surface area (Å²) in [7, 11) is -2.76. The van der Waals surface area contributed by atoms with Crippen LogP contribution in [-0.2, 0) is 9.84 Å². The van der Waals surface area contributed by atoms with Gasteiger partial charge in [0.2, 0.25) is 0 Å². The summed E-state index contributed by atoms with van der Waals surface area (Å²) in [6.45, 7) is 2.97. The van der Waals surface area contributed by atoms with E-state index in [0.717, 1.165) is 19.4 Å². The van der Waals surface area contributed by atoms with Gasteiger partial charge in [-0.05, 0) is 19.4 Å². The molecule has 0 unspecified atom stereocenters. The van der Waals surface area contributed by atoms with Gasteiger partial charge in [0, 0.05) is 12.3 Å². The van der Waals surface area contributed by atoms with E-state index in [4.69, 9.17) is 0 Å². The van der Waals surface area contributed by atoms with Gasteiger partial charge in [0.05, 0.1) is 5.25 Å². The summed E-state index contributed by atoms with van der Waals surface area (Å²) in [4.78, 5) is 0. The molecule has 0 aromatic rings. The van der Waals surface area contributed by atoms with Crippen molar-refractivity contribution >= 4 is 9.84 Å². The van der Waals surface area contributed by atoms with E-state index in [9.17, 15) is 8.42 Å². The molecule has 11 heavy (non-hydrogen) atoms. The molecule has 0 aromatic heterocycles. The van der Waals surface area contributed by atoms with Crippen LogP contribution in [0.25, 0.3) is 0 Å². The van der Waals surface area contributed by atoms with Crippen molar-refractivity contribution in [3.05, 3.63) is 0 Å². The Labute approximate surface area is 68.1 Å². The van der Waals surface area contributed by atoms with Crippen molar-refractivity contribution < 1.29 is 8.42 Å². The minimum atomic E-state index is -2.76. The summed E-state index contributed by atoms with van der Waals surface area (Å²) in [5.41, 5.74) is 0. The minimum Gasteiger partial charge on any atom is -0.314 e. The Balaban J connectivity index is 2.30. The molecule has 1 aliphatic rings. The molecule has 0 radical (unpaired) electrons. The van der Waals surface area contributed by atoms with Crippen molar-refractivity contribution in [1.29, 1.82) is 0 Å². The second-order valence-corrected chi connectivity index (χ2v) is 5.50. The standard InChI is InChI=1S/C7H15NO2S/c1-3-8-6-4-7(5-6)11(2,9)10/h6-8H,3-5H2,1-2H3. The third-order valence-electron chi connectivity index (χ3n) is 2.19. The predicted octanol–water partition coefficient (Wildman–Crippen LogP) is 0.171.